The third kappa shape index (κ3) is 18.9. The van der Waals surface area contributed by atoms with Gasteiger partial charge in [0.1, 0.15) is 5.76 Å². The van der Waals surface area contributed by atoms with Crippen molar-refractivity contribution in [2.24, 2.45) is 0 Å². The summed E-state index contributed by atoms with van der Waals surface area (Å²) < 4.78 is 5.12. The van der Waals surface area contributed by atoms with E-state index >= 15 is 0 Å². The Bertz CT molecular complexity index is 374. The Morgan fingerprint density at radius 3 is 1.44 bits per heavy atom. The summed E-state index contributed by atoms with van der Waals surface area (Å²) in [5, 5.41) is 8.55. The fourth-order valence-electron chi connectivity index (χ4n) is 2.78. The highest BCUT2D eigenvalue weighted by Crippen LogP contribution is 2.13. The van der Waals surface area contributed by atoms with Gasteiger partial charge < -0.3 is 9.84 Å². The van der Waals surface area contributed by atoms with Crippen molar-refractivity contribution >= 4 is 11.9 Å². The minimum absolute atomic E-state index is 0.112. The molecule has 0 aliphatic heterocycles. The highest BCUT2D eigenvalue weighted by Gasteiger charge is 2.03. The number of hydrogen-bond acceptors (Lipinski definition) is 3. The zero-order chi connectivity index (χ0) is 18.8. The van der Waals surface area contributed by atoms with E-state index in [9.17, 15) is 9.59 Å². The Hall–Kier alpha value is -1.32. The van der Waals surface area contributed by atoms with Gasteiger partial charge in [-0.15, -0.1) is 0 Å². The van der Waals surface area contributed by atoms with Gasteiger partial charge in [0.25, 0.3) is 0 Å². The second-order valence-corrected chi connectivity index (χ2v) is 6.86. The fraction of sp³-hybridized carbons (Fsp3) is 0.810. The summed E-state index contributed by atoms with van der Waals surface area (Å²) in [6.07, 6.45) is 17.9. The van der Waals surface area contributed by atoms with Crippen molar-refractivity contribution in [2.75, 3.05) is 0 Å². The van der Waals surface area contributed by atoms with E-state index < -0.39 is 5.97 Å². The lowest BCUT2D eigenvalue weighted by Gasteiger charge is -2.04. The molecule has 0 aromatic heterocycles. The first-order chi connectivity index (χ1) is 12.1. The van der Waals surface area contributed by atoms with Crippen molar-refractivity contribution in [3.8, 4) is 0 Å². The average Bonchev–Trinajstić information content (AvgIpc) is 2.57. The number of carboxylic acid groups (broad SMARTS) is 1. The number of hydrogen-bond donors (Lipinski definition) is 1. The van der Waals surface area contributed by atoms with Crippen molar-refractivity contribution in [1.29, 1.82) is 0 Å². The molecule has 0 spiro atoms. The van der Waals surface area contributed by atoms with Gasteiger partial charge in [0.15, 0.2) is 0 Å². The van der Waals surface area contributed by atoms with Gasteiger partial charge in [-0.1, -0.05) is 70.6 Å². The summed E-state index contributed by atoms with van der Waals surface area (Å²) >= 11 is 0. The van der Waals surface area contributed by atoms with Gasteiger partial charge in [0.2, 0.25) is 0 Å². The van der Waals surface area contributed by atoms with Gasteiger partial charge >= 0.3 is 11.9 Å². The number of aliphatic carboxylic acids is 1. The summed E-state index contributed by atoms with van der Waals surface area (Å²) in [4.78, 5) is 21.8. The molecule has 0 heterocycles. The highest BCUT2D eigenvalue weighted by atomic mass is 16.5. The third-order valence-corrected chi connectivity index (χ3v) is 4.45. The van der Waals surface area contributed by atoms with Crippen molar-refractivity contribution in [2.45, 2.75) is 110 Å². The second kappa shape index (κ2) is 17.5. The van der Waals surface area contributed by atoms with Crippen LogP contribution in [0.15, 0.2) is 11.8 Å². The Morgan fingerprint density at radius 1 is 0.720 bits per heavy atom. The molecule has 0 amide bonds. The van der Waals surface area contributed by atoms with Gasteiger partial charge in [0, 0.05) is 12.8 Å². The van der Waals surface area contributed by atoms with Crippen LogP contribution < -0.4 is 0 Å². The minimum atomic E-state index is -0.677. The summed E-state index contributed by atoms with van der Waals surface area (Å²) in [7, 11) is 0. The Labute approximate surface area is 154 Å². The minimum Gasteiger partial charge on any atom is -0.481 e. The van der Waals surface area contributed by atoms with E-state index in [-0.39, 0.29) is 5.97 Å². The summed E-state index contributed by atoms with van der Waals surface area (Å²) in [5.74, 6) is -0.104. The number of allylic oxidation sites excluding steroid dienone is 2. The zero-order valence-corrected chi connectivity index (χ0v) is 16.4. The first kappa shape index (κ1) is 23.7. The topological polar surface area (TPSA) is 63.6 Å². The number of rotatable bonds is 17. The van der Waals surface area contributed by atoms with Crippen LogP contribution >= 0.6 is 0 Å². The molecular formula is C21H38O4. The molecule has 0 aliphatic rings. The van der Waals surface area contributed by atoms with Crippen LogP contribution in [0, 0.1) is 0 Å². The zero-order valence-electron chi connectivity index (χ0n) is 16.4. The van der Waals surface area contributed by atoms with Crippen LogP contribution in [0.25, 0.3) is 0 Å². The van der Waals surface area contributed by atoms with Crippen LogP contribution in [-0.4, -0.2) is 17.0 Å². The van der Waals surface area contributed by atoms with E-state index in [1.807, 2.05) is 6.92 Å². The Morgan fingerprint density at radius 2 is 1.08 bits per heavy atom. The first-order valence-electron chi connectivity index (χ1n) is 10.1. The standard InChI is InChI=1S/C21H38O4/c1-3-19(2)25-21(24)18-16-14-12-10-8-6-4-5-7-9-11-13-15-17-20(22)23/h3H,4-18H2,1-2H3,(H,22,23)/b19-3+. The molecular weight excluding hydrogens is 316 g/mol. The van der Waals surface area contributed by atoms with Crippen molar-refractivity contribution in [3.63, 3.8) is 0 Å². The molecule has 4 heteroatoms. The second-order valence-electron chi connectivity index (χ2n) is 6.86. The van der Waals surface area contributed by atoms with Crippen molar-refractivity contribution in [3.05, 3.63) is 11.8 Å². The molecule has 0 fully saturated rings. The van der Waals surface area contributed by atoms with Crippen LogP contribution in [0.3, 0.4) is 0 Å². The predicted molar refractivity (Wildman–Crippen MR) is 102 cm³/mol. The molecule has 25 heavy (non-hydrogen) atoms. The summed E-state index contributed by atoms with van der Waals surface area (Å²) in [5.41, 5.74) is 0. The monoisotopic (exact) mass is 354 g/mol. The van der Waals surface area contributed by atoms with Crippen LogP contribution in [-0.2, 0) is 14.3 Å². The molecule has 0 aliphatic carbocycles. The molecule has 0 aromatic carbocycles. The van der Waals surface area contributed by atoms with Crippen LogP contribution in [0.5, 0.6) is 0 Å². The lowest BCUT2D eigenvalue weighted by atomic mass is 10.0. The third-order valence-electron chi connectivity index (χ3n) is 4.45. The fourth-order valence-corrected chi connectivity index (χ4v) is 2.78. The normalized spacial score (nSPS) is 11.5. The van der Waals surface area contributed by atoms with E-state index in [2.05, 4.69) is 0 Å². The molecule has 0 rings (SSSR count). The lowest BCUT2D eigenvalue weighted by molar-refractivity contribution is -0.139. The maximum absolute atomic E-state index is 11.5. The molecule has 0 bridgehead atoms. The highest BCUT2D eigenvalue weighted by molar-refractivity contribution is 5.70. The maximum Gasteiger partial charge on any atom is 0.310 e. The van der Waals surface area contributed by atoms with E-state index in [1.165, 1.54) is 57.8 Å². The van der Waals surface area contributed by atoms with Crippen molar-refractivity contribution in [1.82, 2.24) is 0 Å². The van der Waals surface area contributed by atoms with Crippen LogP contribution in [0.1, 0.15) is 110 Å². The predicted octanol–water partition coefficient (Wildman–Crippen LogP) is 6.39. The number of carbonyl (C=O) groups excluding carboxylic acids is 1. The quantitative estimate of drug-likeness (QED) is 0.187. The molecule has 0 saturated heterocycles. The largest absolute Gasteiger partial charge is 0.481 e. The summed E-state index contributed by atoms with van der Waals surface area (Å²) in [6.45, 7) is 3.67. The maximum atomic E-state index is 11.5. The lowest BCUT2D eigenvalue weighted by Crippen LogP contribution is -2.02. The number of carbonyl (C=O) groups is 2. The average molecular weight is 355 g/mol. The van der Waals surface area contributed by atoms with E-state index in [4.69, 9.17) is 9.84 Å². The molecule has 4 nitrogen and oxygen atoms in total. The number of carboxylic acids is 1. The van der Waals surface area contributed by atoms with Crippen LogP contribution in [0.4, 0.5) is 0 Å². The van der Waals surface area contributed by atoms with Gasteiger partial charge in [-0.2, -0.15) is 0 Å². The van der Waals surface area contributed by atoms with Crippen molar-refractivity contribution < 1.29 is 19.4 Å². The molecule has 0 aromatic rings. The van der Waals surface area contributed by atoms with Gasteiger partial charge in [0.05, 0.1) is 0 Å². The molecule has 0 radical (unpaired) electrons. The molecule has 146 valence electrons. The Kier molecular flexibility index (Phi) is 16.6. The summed E-state index contributed by atoms with van der Waals surface area (Å²) in [6, 6.07) is 0. The molecule has 1 N–H and O–H groups in total. The smallest absolute Gasteiger partial charge is 0.310 e. The SMILES string of the molecule is C/C=C(\C)OC(=O)CCCCCCCCCCCCCCCC(=O)O. The molecule has 0 unspecified atom stereocenters. The first-order valence-corrected chi connectivity index (χ1v) is 10.1. The number of unbranched alkanes of at least 4 members (excludes halogenated alkanes) is 12. The van der Waals surface area contributed by atoms with Crippen LogP contribution in [0.2, 0.25) is 0 Å². The van der Waals surface area contributed by atoms with E-state index in [1.54, 1.807) is 13.0 Å². The van der Waals surface area contributed by atoms with Gasteiger partial charge in [-0.25, -0.2) is 0 Å². The van der Waals surface area contributed by atoms with E-state index in [0.29, 0.717) is 18.6 Å². The Balaban J connectivity index is 3.16. The van der Waals surface area contributed by atoms with Gasteiger partial charge in [-0.3, -0.25) is 9.59 Å². The number of esters is 1. The molecule has 0 saturated carbocycles. The van der Waals surface area contributed by atoms with E-state index in [0.717, 1.165) is 25.7 Å². The van der Waals surface area contributed by atoms with Gasteiger partial charge in [-0.05, 0) is 32.8 Å². The number of ether oxygens (including phenoxy) is 1. The molecule has 0 atom stereocenters.